The Balaban J connectivity index is 1.66. The van der Waals surface area contributed by atoms with Crippen molar-refractivity contribution < 1.29 is 23.2 Å². The first-order valence-electron chi connectivity index (χ1n) is 10.2. The molecule has 0 radical (unpaired) electrons. The van der Waals surface area contributed by atoms with Crippen LogP contribution in [0, 0.1) is 5.82 Å². The molecule has 0 atom stereocenters. The summed E-state index contributed by atoms with van der Waals surface area (Å²) in [7, 11) is 0. The fourth-order valence-corrected chi connectivity index (χ4v) is 3.23. The number of carbonyl (C=O) groups is 2. The molecule has 3 aromatic rings. The second-order valence-electron chi connectivity index (χ2n) is 7.04. The van der Waals surface area contributed by atoms with Crippen molar-refractivity contribution in [2.24, 2.45) is 0 Å². The fraction of sp³-hybridized carbons (Fsp3) is 0.292. The number of rotatable bonds is 10. The molecule has 0 aliphatic rings. The highest BCUT2D eigenvalue weighted by Crippen LogP contribution is 2.25. The van der Waals surface area contributed by atoms with E-state index in [1.165, 1.54) is 12.1 Å². The second kappa shape index (κ2) is 11.1. The van der Waals surface area contributed by atoms with Gasteiger partial charge in [-0.1, -0.05) is 35.5 Å². The molecule has 1 heterocycles. The van der Waals surface area contributed by atoms with Crippen molar-refractivity contribution in [3.8, 4) is 11.3 Å². The highest BCUT2D eigenvalue weighted by Gasteiger charge is 2.18. The van der Waals surface area contributed by atoms with Gasteiger partial charge in [0.2, 0.25) is 5.91 Å². The zero-order chi connectivity index (χ0) is 22.1. The molecule has 1 aromatic heterocycles. The van der Waals surface area contributed by atoms with Crippen LogP contribution in [-0.4, -0.2) is 35.1 Å². The van der Waals surface area contributed by atoms with Crippen molar-refractivity contribution in [1.29, 1.82) is 0 Å². The van der Waals surface area contributed by atoms with Gasteiger partial charge in [-0.2, -0.15) is 0 Å². The van der Waals surface area contributed by atoms with Gasteiger partial charge in [0, 0.05) is 30.6 Å². The summed E-state index contributed by atoms with van der Waals surface area (Å²) in [4.78, 5) is 26.4. The molecule has 0 unspecified atom stereocenters. The van der Waals surface area contributed by atoms with Crippen molar-refractivity contribution in [2.45, 2.75) is 32.7 Å². The molecule has 31 heavy (non-hydrogen) atoms. The maximum Gasteiger partial charge on any atom is 0.307 e. The van der Waals surface area contributed by atoms with E-state index in [2.05, 4.69) is 5.16 Å². The van der Waals surface area contributed by atoms with Gasteiger partial charge in [0.25, 0.3) is 0 Å². The Morgan fingerprint density at radius 1 is 1.06 bits per heavy atom. The van der Waals surface area contributed by atoms with E-state index in [0.29, 0.717) is 30.9 Å². The van der Waals surface area contributed by atoms with Crippen LogP contribution in [0.1, 0.15) is 30.9 Å². The summed E-state index contributed by atoms with van der Waals surface area (Å²) in [6.07, 6.45) is 2.36. The Hall–Kier alpha value is -3.48. The minimum atomic E-state index is -0.335. The number of ether oxygens (including phenoxy) is 1. The average Bonchev–Trinajstić information content (AvgIpc) is 3.25. The zero-order valence-corrected chi connectivity index (χ0v) is 17.4. The molecule has 7 heteroatoms. The van der Waals surface area contributed by atoms with Gasteiger partial charge >= 0.3 is 5.97 Å². The summed E-state index contributed by atoms with van der Waals surface area (Å²) in [6, 6.07) is 15.6. The lowest BCUT2D eigenvalue weighted by atomic mass is 10.0. The summed E-state index contributed by atoms with van der Waals surface area (Å²) in [5.74, 6) is -0.225. The lowest BCUT2D eigenvalue weighted by Crippen LogP contribution is -2.33. The molecular weight excluding hydrogens is 399 g/mol. The van der Waals surface area contributed by atoms with Crippen LogP contribution in [0.4, 0.5) is 4.39 Å². The maximum atomic E-state index is 13.2. The third-order valence-electron chi connectivity index (χ3n) is 4.82. The topological polar surface area (TPSA) is 72.6 Å². The molecular formula is C24H25FN2O4. The van der Waals surface area contributed by atoms with E-state index in [1.54, 1.807) is 30.2 Å². The number of benzene rings is 2. The maximum absolute atomic E-state index is 13.2. The van der Waals surface area contributed by atoms with Crippen molar-refractivity contribution in [3.63, 3.8) is 0 Å². The summed E-state index contributed by atoms with van der Waals surface area (Å²) < 4.78 is 23.5. The van der Waals surface area contributed by atoms with E-state index < -0.39 is 0 Å². The van der Waals surface area contributed by atoms with Crippen LogP contribution < -0.4 is 0 Å². The molecule has 6 nitrogen and oxygen atoms in total. The van der Waals surface area contributed by atoms with E-state index >= 15 is 0 Å². The number of hydrogen-bond donors (Lipinski definition) is 0. The van der Waals surface area contributed by atoms with Gasteiger partial charge in [-0.05, 0) is 43.2 Å². The summed E-state index contributed by atoms with van der Waals surface area (Å²) in [5.41, 5.74) is 2.45. The van der Waals surface area contributed by atoms with Gasteiger partial charge in [-0.15, -0.1) is 0 Å². The zero-order valence-electron chi connectivity index (χ0n) is 17.4. The highest BCUT2D eigenvalue weighted by molar-refractivity contribution is 5.78. The molecule has 3 rings (SSSR count). The average molecular weight is 424 g/mol. The molecule has 0 saturated carbocycles. The first-order chi connectivity index (χ1) is 15.1. The van der Waals surface area contributed by atoms with Crippen molar-refractivity contribution >= 4 is 11.9 Å². The lowest BCUT2D eigenvalue weighted by molar-refractivity contribution is -0.144. The number of aromatic nitrogens is 1. The Morgan fingerprint density at radius 2 is 1.81 bits per heavy atom. The summed E-state index contributed by atoms with van der Waals surface area (Å²) >= 11 is 0. The van der Waals surface area contributed by atoms with Crippen LogP contribution in [0.5, 0.6) is 0 Å². The second-order valence-corrected chi connectivity index (χ2v) is 7.04. The molecule has 0 N–H and O–H groups in total. The highest BCUT2D eigenvalue weighted by atomic mass is 19.1. The number of esters is 1. The Bertz CT molecular complexity index is 986. The van der Waals surface area contributed by atoms with Gasteiger partial charge in [0.15, 0.2) is 5.76 Å². The SMILES string of the molecule is CCOC(=O)CCN(Cc1ccccc1)C(=O)CCc1cnoc1-c1ccc(F)cc1. The number of carbonyl (C=O) groups excluding carboxylic acids is 2. The van der Waals surface area contributed by atoms with Crippen molar-refractivity contribution in [3.05, 3.63) is 77.7 Å². The van der Waals surface area contributed by atoms with E-state index in [9.17, 15) is 14.0 Å². The predicted octanol–water partition coefficient (Wildman–Crippen LogP) is 4.40. The Labute approximate surface area is 180 Å². The standard InChI is InChI=1S/C24H25FN2O4/c1-2-30-23(29)14-15-27(17-18-6-4-3-5-7-18)22(28)13-10-20-16-26-31-24(20)19-8-11-21(25)12-9-19/h3-9,11-12,16H,2,10,13-15,17H2,1H3. The van der Waals surface area contributed by atoms with Crippen LogP contribution in [0.3, 0.4) is 0 Å². The van der Waals surface area contributed by atoms with Crippen LogP contribution in [0.25, 0.3) is 11.3 Å². The van der Waals surface area contributed by atoms with E-state index in [1.807, 2.05) is 30.3 Å². The van der Waals surface area contributed by atoms with Crippen molar-refractivity contribution in [1.82, 2.24) is 10.1 Å². The minimum absolute atomic E-state index is 0.0839. The van der Waals surface area contributed by atoms with Gasteiger partial charge in [-0.25, -0.2) is 4.39 Å². The molecule has 0 saturated heterocycles. The molecule has 2 aromatic carbocycles. The van der Waals surface area contributed by atoms with Gasteiger partial charge in [-0.3, -0.25) is 9.59 Å². The number of halogens is 1. The first kappa shape index (κ1) is 22.2. The van der Waals surface area contributed by atoms with E-state index in [4.69, 9.17) is 9.26 Å². The number of nitrogens with zero attached hydrogens (tertiary/aromatic N) is 2. The van der Waals surface area contributed by atoms with Gasteiger partial charge < -0.3 is 14.2 Å². The summed E-state index contributed by atoms with van der Waals surface area (Å²) in [6.45, 7) is 2.75. The predicted molar refractivity (Wildman–Crippen MR) is 113 cm³/mol. The number of hydrogen-bond acceptors (Lipinski definition) is 5. The largest absolute Gasteiger partial charge is 0.466 e. The fourth-order valence-electron chi connectivity index (χ4n) is 3.23. The minimum Gasteiger partial charge on any atom is -0.466 e. The molecule has 0 spiro atoms. The van der Waals surface area contributed by atoms with Crippen LogP contribution in [-0.2, 0) is 27.3 Å². The van der Waals surface area contributed by atoms with E-state index in [-0.39, 0.29) is 37.1 Å². The smallest absolute Gasteiger partial charge is 0.307 e. The van der Waals surface area contributed by atoms with E-state index in [0.717, 1.165) is 11.1 Å². The molecule has 162 valence electrons. The molecule has 0 aliphatic heterocycles. The van der Waals surface area contributed by atoms with Crippen LogP contribution in [0.2, 0.25) is 0 Å². The van der Waals surface area contributed by atoms with Gasteiger partial charge in [0.05, 0.1) is 19.2 Å². The first-order valence-corrected chi connectivity index (χ1v) is 10.2. The van der Waals surface area contributed by atoms with Crippen LogP contribution in [0.15, 0.2) is 65.3 Å². The molecule has 1 amide bonds. The molecule has 0 aliphatic carbocycles. The van der Waals surface area contributed by atoms with Crippen LogP contribution >= 0.6 is 0 Å². The Morgan fingerprint density at radius 3 is 2.52 bits per heavy atom. The third-order valence-corrected chi connectivity index (χ3v) is 4.82. The Kier molecular flexibility index (Phi) is 7.92. The monoisotopic (exact) mass is 424 g/mol. The van der Waals surface area contributed by atoms with Gasteiger partial charge in [0.1, 0.15) is 5.82 Å². The molecule has 0 fully saturated rings. The molecule has 0 bridgehead atoms. The van der Waals surface area contributed by atoms with Crippen molar-refractivity contribution in [2.75, 3.05) is 13.2 Å². The number of amides is 1. The lowest BCUT2D eigenvalue weighted by Gasteiger charge is -2.22. The summed E-state index contributed by atoms with van der Waals surface area (Å²) in [5, 5.41) is 3.84. The number of aryl methyl sites for hydroxylation is 1. The quantitative estimate of drug-likeness (QED) is 0.451. The normalized spacial score (nSPS) is 10.6. The third kappa shape index (κ3) is 6.50.